The number of halogens is 1. The summed E-state index contributed by atoms with van der Waals surface area (Å²) in [4.78, 5) is 4.80. The second-order valence-corrected chi connectivity index (χ2v) is 5.89. The van der Waals surface area contributed by atoms with Crippen molar-refractivity contribution < 1.29 is 9.47 Å². The zero-order valence-electron chi connectivity index (χ0n) is 13.6. The molecule has 24 heavy (non-hydrogen) atoms. The van der Waals surface area contributed by atoms with E-state index in [4.69, 9.17) is 26.1 Å². The molecule has 0 spiro atoms. The number of hydrogen-bond donors (Lipinski definition) is 0. The summed E-state index contributed by atoms with van der Waals surface area (Å²) in [5, 5.41) is 0. The fourth-order valence-corrected chi connectivity index (χ4v) is 2.81. The number of hydrogen-bond acceptors (Lipinski definition) is 3. The quantitative estimate of drug-likeness (QED) is 0.581. The molecule has 1 aliphatic rings. The van der Waals surface area contributed by atoms with E-state index in [1.807, 2.05) is 54.6 Å². The minimum atomic E-state index is -0.0962. The topological polar surface area (TPSA) is 30.8 Å². The van der Waals surface area contributed by atoms with Crippen LogP contribution in [0.5, 0.6) is 5.75 Å². The van der Waals surface area contributed by atoms with Crippen LogP contribution in [0.1, 0.15) is 11.1 Å². The van der Waals surface area contributed by atoms with Gasteiger partial charge in [0.25, 0.3) is 0 Å². The second kappa shape index (κ2) is 8.02. The summed E-state index contributed by atoms with van der Waals surface area (Å²) in [6, 6.07) is 18.1. The lowest BCUT2D eigenvalue weighted by molar-refractivity contribution is 0.241. The average Bonchev–Trinajstić information content (AvgIpc) is 3.04. The molecule has 2 aromatic carbocycles. The number of allylic oxidation sites excluding steroid dienone is 1. The van der Waals surface area contributed by atoms with Gasteiger partial charge in [-0.2, -0.15) is 0 Å². The average molecular weight is 342 g/mol. The third-order valence-corrected chi connectivity index (χ3v) is 4.13. The molecule has 1 heterocycles. The second-order valence-electron chi connectivity index (χ2n) is 5.58. The van der Waals surface area contributed by atoms with Crippen molar-refractivity contribution in [2.75, 3.05) is 13.0 Å². The van der Waals surface area contributed by atoms with Crippen LogP contribution in [0.2, 0.25) is 0 Å². The summed E-state index contributed by atoms with van der Waals surface area (Å²) in [5.41, 5.74) is 2.20. The highest BCUT2D eigenvalue weighted by atomic mass is 35.5. The largest absolute Gasteiger partial charge is 0.497 e. The molecule has 124 valence electrons. The number of alkyl halides is 1. The number of ether oxygens (including phenoxy) is 2. The van der Waals surface area contributed by atoms with Crippen molar-refractivity contribution in [2.45, 2.75) is 18.6 Å². The van der Waals surface area contributed by atoms with Crippen molar-refractivity contribution in [2.24, 2.45) is 4.99 Å². The van der Waals surface area contributed by atoms with Crippen LogP contribution < -0.4 is 4.74 Å². The van der Waals surface area contributed by atoms with Gasteiger partial charge < -0.3 is 9.47 Å². The Balaban J connectivity index is 1.80. The van der Waals surface area contributed by atoms with Crippen molar-refractivity contribution >= 4 is 17.5 Å². The first-order chi connectivity index (χ1) is 11.8. The van der Waals surface area contributed by atoms with Crippen LogP contribution in [0.3, 0.4) is 0 Å². The Morgan fingerprint density at radius 3 is 2.54 bits per heavy atom. The maximum Gasteiger partial charge on any atom is 0.217 e. The number of aliphatic imine (C=N–C) groups is 1. The molecule has 3 nitrogen and oxygen atoms in total. The molecule has 0 fully saturated rings. The third-order valence-electron chi connectivity index (χ3n) is 3.95. The highest BCUT2D eigenvalue weighted by Crippen LogP contribution is 2.23. The highest BCUT2D eigenvalue weighted by molar-refractivity contribution is 6.18. The molecule has 0 amide bonds. The van der Waals surface area contributed by atoms with Gasteiger partial charge in [0.15, 0.2) is 0 Å². The molecular formula is C20H20ClNO2. The Morgan fingerprint density at radius 2 is 1.88 bits per heavy atom. The van der Waals surface area contributed by atoms with E-state index in [0.717, 1.165) is 17.7 Å². The van der Waals surface area contributed by atoms with Crippen LogP contribution >= 0.6 is 11.6 Å². The van der Waals surface area contributed by atoms with Crippen LogP contribution in [-0.4, -0.2) is 31.0 Å². The van der Waals surface area contributed by atoms with Gasteiger partial charge in [-0.25, -0.2) is 4.99 Å². The van der Waals surface area contributed by atoms with Crippen LogP contribution in [-0.2, 0) is 11.2 Å². The van der Waals surface area contributed by atoms with E-state index in [0.29, 0.717) is 11.8 Å². The maximum absolute atomic E-state index is 6.06. The van der Waals surface area contributed by atoms with Gasteiger partial charge >= 0.3 is 0 Å². The molecular weight excluding hydrogens is 322 g/mol. The van der Waals surface area contributed by atoms with Crippen LogP contribution in [0.25, 0.3) is 0 Å². The molecule has 0 saturated heterocycles. The van der Waals surface area contributed by atoms with Crippen LogP contribution in [0.4, 0.5) is 0 Å². The monoisotopic (exact) mass is 341 g/mol. The fraction of sp³-hybridized carbons (Fsp3) is 0.250. The van der Waals surface area contributed by atoms with E-state index in [9.17, 15) is 0 Å². The first kappa shape index (κ1) is 16.6. The van der Waals surface area contributed by atoms with Crippen molar-refractivity contribution in [3.8, 4) is 5.75 Å². The predicted octanol–water partition coefficient (Wildman–Crippen LogP) is 4.25. The number of benzene rings is 2. The van der Waals surface area contributed by atoms with E-state index in [-0.39, 0.29) is 12.1 Å². The minimum absolute atomic E-state index is 0.0352. The van der Waals surface area contributed by atoms with Gasteiger partial charge in [-0.3, -0.25) is 0 Å². The van der Waals surface area contributed by atoms with E-state index in [2.05, 4.69) is 12.1 Å². The Labute approximate surface area is 147 Å². The zero-order valence-corrected chi connectivity index (χ0v) is 14.3. The van der Waals surface area contributed by atoms with E-state index < -0.39 is 0 Å². The molecule has 0 aromatic heterocycles. The van der Waals surface area contributed by atoms with Gasteiger partial charge in [0.1, 0.15) is 11.9 Å². The summed E-state index contributed by atoms with van der Waals surface area (Å²) in [5.74, 6) is 2.02. The molecule has 1 aliphatic heterocycles. The fourth-order valence-electron chi connectivity index (χ4n) is 2.70. The highest BCUT2D eigenvalue weighted by Gasteiger charge is 2.29. The molecule has 2 aromatic rings. The van der Waals surface area contributed by atoms with Gasteiger partial charge in [-0.15, -0.1) is 11.6 Å². The lowest BCUT2D eigenvalue weighted by Gasteiger charge is -2.14. The standard InChI is InChI=1S/C20H20ClNO2/c1-23-17-11-9-15(10-12-17)14-18-19(8-5-13-21)24-20(22-18)16-6-3-2-4-7-16/h2-12,18-19H,13-14H2,1H3/b8-5+/t18-,19-/m1/s1. The lowest BCUT2D eigenvalue weighted by Crippen LogP contribution is -2.22. The molecule has 2 atom stereocenters. The molecule has 4 heteroatoms. The first-order valence-electron chi connectivity index (χ1n) is 7.95. The van der Waals surface area contributed by atoms with Crippen molar-refractivity contribution in [3.63, 3.8) is 0 Å². The predicted molar refractivity (Wildman–Crippen MR) is 98.2 cm³/mol. The van der Waals surface area contributed by atoms with E-state index in [1.54, 1.807) is 7.11 Å². The van der Waals surface area contributed by atoms with Crippen molar-refractivity contribution in [3.05, 3.63) is 77.9 Å². The number of nitrogens with zero attached hydrogens (tertiary/aromatic N) is 1. The third kappa shape index (κ3) is 3.98. The molecule has 0 radical (unpaired) electrons. The summed E-state index contributed by atoms with van der Waals surface area (Å²) in [6.45, 7) is 0. The summed E-state index contributed by atoms with van der Waals surface area (Å²) >= 11 is 5.78. The molecule has 0 N–H and O–H groups in total. The molecule has 0 saturated carbocycles. The lowest BCUT2D eigenvalue weighted by atomic mass is 10.0. The minimum Gasteiger partial charge on any atom is -0.497 e. The Bertz CT molecular complexity index is 710. The maximum atomic E-state index is 6.06. The summed E-state index contributed by atoms with van der Waals surface area (Å²) in [6.07, 6.45) is 4.62. The normalized spacial score (nSPS) is 20.0. The molecule has 0 aliphatic carbocycles. The molecule has 0 unspecified atom stereocenters. The number of rotatable bonds is 6. The van der Waals surface area contributed by atoms with E-state index >= 15 is 0 Å². The summed E-state index contributed by atoms with van der Waals surface area (Å²) in [7, 11) is 1.67. The van der Waals surface area contributed by atoms with Crippen LogP contribution in [0, 0.1) is 0 Å². The molecule has 0 bridgehead atoms. The van der Waals surface area contributed by atoms with Crippen LogP contribution in [0.15, 0.2) is 71.7 Å². The zero-order chi connectivity index (χ0) is 16.8. The van der Waals surface area contributed by atoms with Gasteiger partial charge in [-0.1, -0.05) is 36.4 Å². The Kier molecular flexibility index (Phi) is 5.55. The Hall–Kier alpha value is -2.26. The van der Waals surface area contributed by atoms with Gasteiger partial charge in [0.05, 0.1) is 13.2 Å². The van der Waals surface area contributed by atoms with Crippen molar-refractivity contribution in [1.82, 2.24) is 0 Å². The van der Waals surface area contributed by atoms with Gasteiger partial charge in [-0.05, 0) is 42.3 Å². The SMILES string of the molecule is COc1ccc(C[C@H]2N=C(c3ccccc3)O[C@@H]2/C=C/CCl)cc1. The number of methoxy groups -OCH3 is 1. The smallest absolute Gasteiger partial charge is 0.217 e. The first-order valence-corrected chi connectivity index (χ1v) is 8.49. The summed E-state index contributed by atoms with van der Waals surface area (Å²) < 4.78 is 11.3. The molecule has 3 rings (SSSR count). The van der Waals surface area contributed by atoms with E-state index in [1.165, 1.54) is 5.56 Å². The van der Waals surface area contributed by atoms with Gasteiger partial charge in [0, 0.05) is 11.4 Å². The van der Waals surface area contributed by atoms with Gasteiger partial charge in [0.2, 0.25) is 5.90 Å². The Morgan fingerprint density at radius 1 is 1.12 bits per heavy atom. The van der Waals surface area contributed by atoms with Crippen molar-refractivity contribution in [1.29, 1.82) is 0 Å².